The van der Waals surface area contributed by atoms with Crippen LogP contribution in [0, 0.1) is 13.8 Å². The fourth-order valence-electron chi connectivity index (χ4n) is 2.91. The van der Waals surface area contributed by atoms with Crippen molar-refractivity contribution in [3.63, 3.8) is 0 Å². The zero-order valence-corrected chi connectivity index (χ0v) is 13.7. The van der Waals surface area contributed by atoms with Gasteiger partial charge >= 0.3 is 0 Å². The van der Waals surface area contributed by atoms with Gasteiger partial charge in [-0.15, -0.1) is 0 Å². The molecular weight excluding hydrogens is 288 g/mol. The zero-order valence-electron chi connectivity index (χ0n) is 13.7. The Bertz CT molecular complexity index is 708. The van der Waals surface area contributed by atoms with Crippen LogP contribution in [-0.4, -0.2) is 29.0 Å². The highest BCUT2D eigenvalue weighted by atomic mass is 16.1. The Balaban J connectivity index is 1.76. The minimum Gasteiger partial charge on any atom is -0.357 e. The summed E-state index contributed by atoms with van der Waals surface area (Å²) in [6, 6.07) is 7.75. The van der Waals surface area contributed by atoms with Crippen LogP contribution >= 0.6 is 0 Å². The third kappa shape index (κ3) is 3.67. The maximum absolute atomic E-state index is 12.5. The molecule has 1 saturated heterocycles. The molecule has 1 N–H and O–H groups in total. The Kier molecular flexibility index (Phi) is 4.55. The number of carbonyl (C=O) groups is 1. The average molecular weight is 310 g/mol. The predicted octanol–water partition coefficient (Wildman–Crippen LogP) is 3.34. The monoisotopic (exact) mass is 310 g/mol. The van der Waals surface area contributed by atoms with Crippen LogP contribution in [0.3, 0.4) is 0 Å². The predicted molar refractivity (Wildman–Crippen MR) is 92.0 cm³/mol. The molecule has 0 saturated carbocycles. The first-order valence-electron chi connectivity index (χ1n) is 8.09. The molecule has 0 atom stereocenters. The lowest BCUT2D eigenvalue weighted by molar-refractivity contribution is 0.102. The van der Waals surface area contributed by atoms with Crippen LogP contribution in [0.2, 0.25) is 0 Å². The van der Waals surface area contributed by atoms with Crippen molar-refractivity contribution in [2.45, 2.75) is 33.1 Å². The van der Waals surface area contributed by atoms with Crippen molar-refractivity contribution in [2.75, 3.05) is 23.3 Å². The largest absolute Gasteiger partial charge is 0.357 e. The van der Waals surface area contributed by atoms with Crippen molar-refractivity contribution in [1.82, 2.24) is 9.97 Å². The summed E-state index contributed by atoms with van der Waals surface area (Å²) >= 11 is 0. The molecule has 3 rings (SSSR count). The van der Waals surface area contributed by atoms with Gasteiger partial charge in [-0.1, -0.05) is 17.7 Å². The SMILES string of the molecule is Cc1ccc(NC(=O)c2cc(N3CCCCC3)ncn2)c(C)c1. The van der Waals surface area contributed by atoms with E-state index in [2.05, 4.69) is 26.3 Å². The van der Waals surface area contributed by atoms with Crippen molar-refractivity contribution in [3.05, 3.63) is 47.4 Å². The Morgan fingerprint density at radius 3 is 2.61 bits per heavy atom. The summed E-state index contributed by atoms with van der Waals surface area (Å²) in [7, 11) is 0. The van der Waals surface area contributed by atoms with Gasteiger partial charge in [0.2, 0.25) is 0 Å². The lowest BCUT2D eigenvalue weighted by Gasteiger charge is -2.27. The quantitative estimate of drug-likeness (QED) is 0.944. The molecule has 2 heterocycles. The van der Waals surface area contributed by atoms with Gasteiger partial charge in [-0.05, 0) is 44.7 Å². The Labute approximate surface area is 136 Å². The topological polar surface area (TPSA) is 58.1 Å². The van der Waals surface area contributed by atoms with Crippen LogP contribution in [0.1, 0.15) is 40.9 Å². The zero-order chi connectivity index (χ0) is 16.2. The standard InChI is InChI=1S/C18H22N4O/c1-13-6-7-15(14(2)10-13)21-18(23)16-11-17(20-12-19-16)22-8-4-3-5-9-22/h6-7,10-12H,3-5,8-9H2,1-2H3,(H,21,23). The van der Waals surface area contributed by atoms with Gasteiger partial charge in [-0.2, -0.15) is 0 Å². The van der Waals surface area contributed by atoms with Crippen molar-refractivity contribution < 1.29 is 4.79 Å². The number of nitrogens with one attached hydrogen (secondary N) is 1. The molecule has 1 aliphatic rings. The van der Waals surface area contributed by atoms with E-state index in [0.717, 1.165) is 30.2 Å². The second-order valence-electron chi connectivity index (χ2n) is 6.08. The van der Waals surface area contributed by atoms with E-state index in [1.807, 2.05) is 26.0 Å². The summed E-state index contributed by atoms with van der Waals surface area (Å²) in [4.78, 5) is 23.1. The first-order chi connectivity index (χ1) is 11.1. The number of nitrogens with zero attached hydrogens (tertiary/aromatic N) is 3. The molecule has 0 unspecified atom stereocenters. The van der Waals surface area contributed by atoms with Crippen LogP contribution in [0.15, 0.2) is 30.6 Å². The van der Waals surface area contributed by atoms with Crippen LogP contribution < -0.4 is 10.2 Å². The highest BCUT2D eigenvalue weighted by Gasteiger charge is 2.15. The van der Waals surface area contributed by atoms with E-state index in [1.54, 1.807) is 6.07 Å². The van der Waals surface area contributed by atoms with Gasteiger partial charge in [-0.25, -0.2) is 9.97 Å². The minimum absolute atomic E-state index is 0.197. The fraction of sp³-hybridized carbons (Fsp3) is 0.389. The molecule has 0 bridgehead atoms. The highest BCUT2D eigenvalue weighted by Crippen LogP contribution is 2.19. The average Bonchev–Trinajstić information content (AvgIpc) is 2.58. The number of piperidine rings is 1. The number of anilines is 2. The van der Waals surface area contributed by atoms with Gasteiger partial charge in [0.1, 0.15) is 17.8 Å². The van der Waals surface area contributed by atoms with E-state index in [-0.39, 0.29) is 5.91 Å². The molecule has 0 spiro atoms. The second kappa shape index (κ2) is 6.77. The van der Waals surface area contributed by atoms with Gasteiger partial charge < -0.3 is 10.2 Å². The van der Waals surface area contributed by atoms with Crippen molar-refractivity contribution in [2.24, 2.45) is 0 Å². The molecule has 0 aliphatic carbocycles. The van der Waals surface area contributed by atoms with Crippen LogP contribution in [0.4, 0.5) is 11.5 Å². The minimum atomic E-state index is -0.197. The van der Waals surface area contributed by atoms with E-state index in [1.165, 1.54) is 31.2 Å². The van der Waals surface area contributed by atoms with Crippen LogP contribution in [-0.2, 0) is 0 Å². The molecule has 5 nitrogen and oxygen atoms in total. The molecule has 2 aromatic rings. The molecule has 120 valence electrons. The number of hydrogen-bond donors (Lipinski definition) is 1. The third-order valence-electron chi connectivity index (χ3n) is 4.20. The number of rotatable bonds is 3. The number of amides is 1. The Morgan fingerprint density at radius 1 is 1.09 bits per heavy atom. The van der Waals surface area contributed by atoms with Gasteiger partial charge in [0.15, 0.2) is 0 Å². The molecule has 1 amide bonds. The molecule has 1 aliphatic heterocycles. The van der Waals surface area contributed by atoms with Crippen molar-refractivity contribution in [1.29, 1.82) is 0 Å². The molecule has 23 heavy (non-hydrogen) atoms. The number of aryl methyl sites for hydroxylation is 2. The highest BCUT2D eigenvalue weighted by molar-refractivity contribution is 6.03. The molecule has 1 fully saturated rings. The first kappa shape index (κ1) is 15.5. The summed E-state index contributed by atoms with van der Waals surface area (Å²) in [5.74, 6) is 0.642. The maximum Gasteiger partial charge on any atom is 0.274 e. The van der Waals surface area contributed by atoms with Gasteiger partial charge in [-0.3, -0.25) is 4.79 Å². The smallest absolute Gasteiger partial charge is 0.274 e. The molecule has 5 heteroatoms. The summed E-state index contributed by atoms with van der Waals surface area (Å²) in [5, 5.41) is 2.94. The third-order valence-corrected chi connectivity index (χ3v) is 4.20. The Morgan fingerprint density at radius 2 is 1.87 bits per heavy atom. The van der Waals surface area contributed by atoms with Gasteiger partial charge in [0.05, 0.1) is 0 Å². The van der Waals surface area contributed by atoms with Crippen LogP contribution in [0.5, 0.6) is 0 Å². The van der Waals surface area contributed by atoms with E-state index in [4.69, 9.17) is 0 Å². The summed E-state index contributed by atoms with van der Waals surface area (Å²) in [6.07, 6.45) is 5.09. The lowest BCUT2D eigenvalue weighted by atomic mass is 10.1. The van der Waals surface area contributed by atoms with Gasteiger partial charge in [0, 0.05) is 24.8 Å². The first-order valence-corrected chi connectivity index (χ1v) is 8.09. The Hall–Kier alpha value is -2.43. The van der Waals surface area contributed by atoms with E-state index < -0.39 is 0 Å². The molecule has 1 aromatic heterocycles. The van der Waals surface area contributed by atoms with Gasteiger partial charge in [0.25, 0.3) is 5.91 Å². The number of aromatic nitrogens is 2. The molecule has 1 aromatic carbocycles. The molecular formula is C18H22N4O. The van der Waals surface area contributed by atoms with E-state index in [0.29, 0.717) is 5.69 Å². The second-order valence-corrected chi connectivity index (χ2v) is 6.08. The van der Waals surface area contributed by atoms with Crippen LogP contribution in [0.25, 0.3) is 0 Å². The maximum atomic E-state index is 12.5. The summed E-state index contributed by atoms with van der Waals surface area (Å²) in [6.45, 7) is 6.01. The van der Waals surface area contributed by atoms with E-state index in [9.17, 15) is 4.79 Å². The molecule has 0 radical (unpaired) electrons. The number of hydrogen-bond acceptors (Lipinski definition) is 4. The number of benzene rings is 1. The van der Waals surface area contributed by atoms with Crippen molar-refractivity contribution in [3.8, 4) is 0 Å². The summed E-state index contributed by atoms with van der Waals surface area (Å²) in [5.41, 5.74) is 3.44. The van der Waals surface area contributed by atoms with Crippen molar-refractivity contribution >= 4 is 17.4 Å². The normalized spacial score (nSPS) is 14.6. The fourth-order valence-corrected chi connectivity index (χ4v) is 2.91. The lowest BCUT2D eigenvalue weighted by Crippen LogP contribution is -2.30. The number of carbonyl (C=O) groups excluding carboxylic acids is 1. The van der Waals surface area contributed by atoms with E-state index >= 15 is 0 Å². The summed E-state index contributed by atoms with van der Waals surface area (Å²) < 4.78 is 0.